The lowest BCUT2D eigenvalue weighted by atomic mass is 10.1. The fourth-order valence-corrected chi connectivity index (χ4v) is 2.52. The van der Waals surface area contributed by atoms with Crippen LogP contribution in [0.25, 0.3) is 0 Å². The van der Waals surface area contributed by atoms with Crippen molar-refractivity contribution in [1.82, 2.24) is 0 Å². The number of nitrogens with two attached hydrogens (primary N) is 1. The smallest absolute Gasteiger partial charge is 0.262 e. The van der Waals surface area contributed by atoms with Crippen molar-refractivity contribution in [2.75, 3.05) is 11.9 Å². The van der Waals surface area contributed by atoms with Crippen LogP contribution >= 0.6 is 0 Å². The van der Waals surface area contributed by atoms with Crippen molar-refractivity contribution < 1.29 is 19.1 Å². The summed E-state index contributed by atoms with van der Waals surface area (Å²) in [7, 11) is 0. The molecule has 0 bridgehead atoms. The van der Waals surface area contributed by atoms with Gasteiger partial charge in [-0.1, -0.05) is 42.5 Å². The van der Waals surface area contributed by atoms with Crippen molar-refractivity contribution in [2.45, 2.75) is 6.61 Å². The lowest BCUT2D eigenvalue weighted by molar-refractivity contribution is -0.118. The average Bonchev–Trinajstić information content (AvgIpc) is 2.72. The van der Waals surface area contributed by atoms with E-state index in [0.717, 1.165) is 5.56 Å². The Morgan fingerprint density at radius 1 is 0.786 bits per heavy atom. The van der Waals surface area contributed by atoms with Gasteiger partial charge < -0.3 is 20.5 Å². The van der Waals surface area contributed by atoms with Gasteiger partial charge in [-0.2, -0.15) is 0 Å². The van der Waals surface area contributed by atoms with Gasteiger partial charge in [-0.05, 0) is 42.0 Å². The van der Waals surface area contributed by atoms with Gasteiger partial charge in [0.25, 0.3) is 11.8 Å². The number of hydrogen-bond donors (Lipinski definition) is 2. The minimum atomic E-state index is -0.608. The van der Waals surface area contributed by atoms with Gasteiger partial charge in [-0.3, -0.25) is 9.59 Å². The second kappa shape index (κ2) is 9.23. The first-order valence-corrected chi connectivity index (χ1v) is 8.70. The lowest BCUT2D eigenvalue weighted by Gasteiger charge is -2.10. The highest BCUT2D eigenvalue weighted by Crippen LogP contribution is 2.19. The van der Waals surface area contributed by atoms with Crippen molar-refractivity contribution in [1.29, 1.82) is 0 Å². The molecule has 0 saturated carbocycles. The third-order valence-corrected chi connectivity index (χ3v) is 3.91. The monoisotopic (exact) mass is 376 g/mol. The van der Waals surface area contributed by atoms with Crippen LogP contribution in [0.2, 0.25) is 0 Å². The molecule has 6 heteroatoms. The second-order valence-corrected chi connectivity index (χ2v) is 5.99. The van der Waals surface area contributed by atoms with Gasteiger partial charge in [0.1, 0.15) is 18.1 Å². The Bertz CT molecular complexity index is 940. The number of anilines is 1. The van der Waals surface area contributed by atoms with Gasteiger partial charge >= 0.3 is 0 Å². The molecule has 3 aromatic carbocycles. The summed E-state index contributed by atoms with van der Waals surface area (Å²) in [6, 6.07) is 23.4. The number of benzene rings is 3. The van der Waals surface area contributed by atoms with E-state index < -0.39 is 11.8 Å². The van der Waals surface area contributed by atoms with Gasteiger partial charge in [0, 0.05) is 0 Å². The normalized spacial score (nSPS) is 10.1. The summed E-state index contributed by atoms with van der Waals surface area (Å²) < 4.78 is 11.2. The van der Waals surface area contributed by atoms with Gasteiger partial charge in [0.15, 0.2) is 6.61 Å². The number of carbonyl (C=O) groups excluding carboxylic acids is 2. The molecule has 0 unspecified atom stereocenters. The van der Waals surface area contributed by atoms with E-state index in [1.807, 2.05) is 30.3 Å². The standard InChI is InChI=1S/C22H20N2O4/c23-22(26)19-8-4-5-9-20(19)24-21(25)15-28-18-12-10-17(11-13-18)27-14-16-6-2-1-3-7-16/h1-13H,14-15H2,(H2,23,26)(H,24,25). The summed E-state index contributed by atoms with van der Waals surface area (Å²) in [4.78, 5) is 23.5. The molecule has 0 aliphatic heterocycles. The summed E-state index contributed by atoms with van der Waals surface area (Å²) in [6.07, 6.45) is 0. The molecule has 0 spiro atoms. The topological polar surface area (TPSA) is 90.7 Å². The average molecular weight is 376 g/mol. The first-order chi connectivity index (χ1) is 13.6. The Morgan fingerprint density at radius 2 is 1.39 bits per heavy atom. The molecular formula is C22H20N2O4. The van der Waals surface area contributed by atoms with E-state index in [0.29, 0.717) is 23.8 Å². The van der Waals surface area contributed by atoms with Crippen LogP contribution in [0.4, 0.5) is 5.69 Å². The zero-order valence-corrected chi connectivity index (χ0v) is 15.1. The molecule has 0 saturated heterocycles. The molecule has 0 aliphatic rings. The van der Waals surface area contributed by atoms with Crippen LogP contribution in [0, 0.1) is 0 Å². The molecule has 6 nitrogen and oxygen atoms in total. The maximum absolute atomic E-state index is 12.1. The SMILES string of the molecule is NC(=O)c1ccccc1NC(=O)COc1ccc(OCc2ccccc2)cc1. The van der Waals surface area contributed by atoms with Crippen molar-refractivity contribution >= 4 is 17.5 Å². The van der Waals surface area contributed by atoms with Crippen LogP contribution in [0.3, 0.4) is 0 Å². The quantitative estimate of drug-likeness (QED) is 0.631. The van der Waals surface area contributed by atoms with Crippen LogP contribution < -0.4 is 20.5 Å². The van der Waals surface area contributed by atoms with E-state index in [-0.39, 0.29) is 12.2 Å². The third-order valence-electron chi connectivity index (χ3n) is 3.91. The van der Waals surface area contributed by atoms with E-state index in [9.17, 15) is 9.59 Å². The largest absolute Gasteiger partial charge is 0.489 e. The molecule has 0 fully saturated rings. The van der Waals surface area contributed by atoms with Crippen LogP contribution in [-0.2, 0) is 11.4 Å². The van der Waals surface area contributed by atoms with Crippen LogP contribution in [0.15, 0.2) is 78.9 Å². The van der Waals surface area contributed by atoms with Crippen molar-refractivity contribution in [2.24, 2.45) is 5.73 Å². The predicted octanol–water partition coefficient (Wildman–Crippen LogP) is 3.38. The zero-order valence-electron chi connectivity index (χ0n) is 15.1. The Kier molecular flexibility index (Phi) is 6.25. The predicted molar refractivity (Wildman–Crippen MR) is 106 cm³/mol. The fourth-order valence-electron chi connectivity index (χ4n) is 2.52. The minimum Gasteiger partial charge on any atom is -0.489 e. The van der Waals surface area contributed by atoms with E-state index in [1.165, 1.54) is 0 Å². The van der Waals surface area contributed by atoms with Gasteiger partial charge in [0.05, 0.1) is 11.3 Å². The number of rotatable bonds is 8. The lowest BCUT2D eigenvalue weighted by Crippen LogP contribution is -2.22. The number of carbonyl (C=O) groups is 2. The van der Waals surface area contributed by atoms with Gasteiger partial charge in [-0.25, -0.2) is 0 Å². The molecule has 3 aromatic rings. The first kappa shape index (κ1) is 19.0. The summed E-state index contributed by atoms with van der Waals surface area (Å²) in [5, 5.41) is 2.62. The molecule has 28 heavy (non-hydrogen) atoms. The number of hydrogen-bond acceptors (Lipinski definition) is 4. The molecular weight excluding hydrogens is 356 g/mol. The highest BCUT2D eigenvalue weighted by molar-refractivity contribution is 6.03. The Labute approximate surface area is 162 Å². The molecule has 3 N–H and O–H groups in total. The summed E-state index contributed by atoms with van der Waals surface area (Å²) in [5.41, 5.74) is 6.98. The van der Waals surface area contributed by atoms with Crippen molar-refractivity contribution in [3.8, 4) is 11.5 Å². The molecule has 0 atom stereocenters. The van der Waals surface area contributed by atoms with Gasteiger partial charge in [0.2, 0.25) is 0 Å². The van der Waals surface area contributed by atoms with E-state index in [2.05, 4.69) is 5.32 Å². The third kappa shape index (κ3) is 5.35. The maximum atomic E-state index is 12.1. The van der Waals surface area contributed by atoms with Crippen LogP contribution in [-0.4, -0.2) is 18.4 Å². The maximum Gasteiger partial charge on any atom is 0.262 e. The van der Waals surface area contributed by atoms with E-state index >= 15 is 0 Å². The highest BCUT2D eigenvalue weighted by Gasteiger charge is 2.10. The molecule has 0 aromatic heterocycles. The summed E-state index contributed by atoms with van der Waals surface area (Å²) >= 11 is 0. The minimum absolute atomic E-state index is 0.197. The molecule has 2 amide bonds. The molecule has 3 rings (SSSR count). The Balaban J connectivity index is 1.49. The highest BCUT2D eigenvalue weighted by atomic mass is 16.5. The number of primary amides is 1. The number of nitrogens with one attached hydrogen (secondary N) is 1. The first-order valence-electron chi connectivity index (χ1n) is 8.70. The zero-order chi connectivity index (χ0) is 19.8. The summed E-state index contributed by atoms with van der Waals surface area (Å²) in [5.74, 6) is 0.238. The molecule has 142 valence electrons. The van der Waals surface area contributed by atoms with E-state index in [1.54, 1.807) is 48.5 Å². The Hall–Kier alpha value is -3.80. The molecule has 0 heterocycles. The number of ether oxygens (including phenoxy) is 2. The van der Waals surface area contributed by atoms with Gasteiger partial charge in [-0.15, -0.1) is 0 Å². The molecule has 0 radical (unpaired) electrons. The van der Waals surface area contributed by atoms with Crippen molar-refractivity contribution in [3.05, 3.63) is 90.0 Å². The molecule has 0 aliphatic carbocycles. The fraction of sp³-hybridized carbons (Fsp3) is 0.0909. The van der Waals surface area contributed by atoms with Crippen LogP contribution in [0.5, 0.6) is 11.5 Å². The van der Waals surface area contributed by atoms with Crippen molar-refractivity contribution in [3.63, 3.8) is 0 Å². The van der Waals surface area contributed by atoms with E-state index in [4.69, 9.17) is 15.2 Å². The van der Waals surface area contributed by atoms with Crippen LogP contribution in [0.1, 0.15) is 15.9 Å². The Morgan fingerprint density at radius 3 is 2.07 bits per heavy atom. The number of amides is 2. The second-order valence-electron chi connectivity index (χ2n) is 5.99. The summed E-state index contributed by atoms with van der Waals surface area (Å²) in [6.45, 7) is 0.278. The number of para-hydroxylation sites is 1.